The Balaban J connectivity index is 0.00000408. The number of aliphatic hydroxyl groups is 1. The van der Waals surface area contributed by atoms with Gasteiger partial charge in [-0.1, -0.05) is 61.0 Å². The van der Waals surface area contributed by atoms with Gasteiger partial charge in [-0.05, 0) is 66.3 Å². The molecule has 0 aliphatic rings. The van der Waals surface area contributed by atoms with Crippen LogP contribution in [-0.4, -0.2) is 35.4 Å². The number of hydrogen-bond acceptors (Lipinski definition) is 4. The average Bonchev–Trinajstić information content (AvgIpc) is 2.81. The van der Waals surface area contributed by atoms with Gasteiger partial charge in [-0.2, -0.15) is 0 Å². The number of halogens is 2. The maximum atomic E-state index is 11.5. The summed E-state index contributed by atoms with van der Waals surface area (Å²) >= 11 is 6.00. The van der Waals surface area contributed by atoms with Crippen molar-refractivity contribution in [3.8, 4) is 16.9 Å². The van der Waals surface area contributed by atoms with Crippen LogP contribution in [0.5, 0.6) is 5.75 Å². The third kappa shape index (κ3) is 7.74. The summed E-state index contributed by atoms with van der Waals surface area (Å²) in [6.07, 6.45) is 0.998. The highest BCUT2D eigenvalue weighted by Gasteiger charge is 2.14. The number of carboxylic acid groups (broad SMARTS) is 1. The molecule has 0 saturated carbocycles. The quantitative estimate of drug-likeness (QED) is 0.291. The first-order valence-corrected chi connectivity index (χ1v) is 11.5. The zero-order chi connectivity index (χ0) is 23.8. The molecule has 3 N–H and O–H groups in total. The Morgan fingerprint density at radius 1 is 1.06 bits per heavy atom. The molecule has 0 aliphatic heterocycles. The smallest absolute Gasteiger partial charge is 0.339 e. The molecule has 2 atom stereocenters. The predicted molar refractivity (Wildman–Crippen MR) is 139 cm³/mol. The summed E-state index contributed by atoms with van der Waals surface area (Å²) in [6, 6.07) is 20.8. The van der Waals surface area contributed by atoms with Crippen LogP contribution in [0.4, 0.5) is 0 Å². The van der Waals surface area contributed by atoms with Gasteiger partial charge in [-0.15, -0.1) is 12.4 Å². The first-order valence-electron chi connectivity index (χ1n) is 11.1. The van der Waals surface area contributed by atoms with E-state index in [1.54, 1.807) is 30.3 Å². The molecule has 0 spiro atoms. The van der Waals surface area contributed by atoms with E-state index < -0.39 is 12.1 Å². The third-order valence-corrected chi connectivity index (χ3v) is 5.63. The third-order valence-electron chi connectivity index (χ3n) is 5.40. The SMILES string of the molecule is CCCOc1cc(-c2ccc(C[C@@H](C)NC[C@H](O)c3cccc(Cl)c3)cc2)ccc1C(=O)O.Cl. The minimum absolute atomic E-state index is 0. The zero-order valence-electron chi connectivity index (χ0n) is 19.3. The van der Waals surface area contributed by atoms with Crippen LogP contribution in [0.25, 0.3) is 11.1 Å². The lowest BCUT2D eigenvalue weighted by molar-refractivity contribution is 0.0692. The summed E-state index contributed by atoms with van der Waals surface area (Å²) in [5, 5.41) is 23.8. The monoisotopic (exact) mass is 503 g/mol. The standard InChI is InChI=1S/C27H30ClNO4.ClH/c1-3-13-33-26-16-21(11-12-24(26)27(31)32)20-9-7-19(8-10-20)14-18(2)29-17-25(30)22-5-4-6-23(28)15-22;/h4-12,15-16,18,25,29-30H,3,13-14,17H2,1-2H3,(H,31,32);1H/t18-,25+;/m1./s1. The van der Waals surface area contributed by atoms with E-state index in [2.05, 4.69) is 24.4 Å². The van der Waals surface area contributed by atoms with Crippen molar-refractivity contribution in [3.63, 3.8) is 0 Å². The second kappa shape index (κ2) is 13.4. The number of carboxylic acids is 1. The highest BCUT2D eigenvalue weighted by atomic mass is 35.5. The van der Waals surface area contributed by atoms with Crippen LogP contribution in [-0.2, 0) is 6.42 Å². The van der Waals surface area contributed by atoms with Gasteiger partial charge < -0.3 is 20.3 Å². The number of carbonyl (C=O) groups is 1. The van der Waals surface area contributed by atoms with E-state index in [0.29, 0.717) is 23.9 Å². The summed E-state index contributed by atoms with van der Waals surface area (Å²) in [6.45, 7) is 4.98. The van der Waals surface area contributed by atoms with Crippen LogP contribution in [0, 0.1) is 0 Å². The maximum absolute atomic E-state index is 11.5. The number of hydrogen-bond donors (Lipinski definition) is 3. The summed E-state index contributed by atoms with van der Waals surface area (Å²) in [7, 11) is 0. The lowest BCUT2D eigenvalue weighted by Crippen LogP contribution is -2.32. The Bertz CT molecular complexity index is 1070. The molecule has 3 aromatic rings. The summed E-state index contributed by atoms with van der Waals surface area (Å²) in [5.41, 5.74) is 4.04. The summed E-state index contributed by atoms with van der Waals surface area (Å²) in [4.78, 5) is 11.5. The van der Waals surface area contributed by atoms with E-state index in [-0.39, 0.29) is 24.0 Å². The maximum Gasteiger partial charge on any atom is 0.339 e. The van der Waals surface area contributed by atoms with E-state index in [1.165, 1.54) is 5.56 Å². The molecule has 7 heteroatoms. The van der Waals surface area contributed by atoms with Crippen LogP contribution in [0.1, 0.15) is 47.9 Å². The Morgan fingerprint density at radius 3 is 2.41 bits per heavy atom. The number of nitrogens with one attached hydrogen (secondary N) is 1. The van der Waals surface area contributed by atoms with E-state index >= 15 is 0 Å². The highest BCUT2D eigenvalue weighted by Crippen LogP contribution is 2.28. The number of ether oxygens (including phenoxy) is 1. The molecule has 0 heterocycles. The van der Waals surface area contributed by atoms with Gasteiger partial charge in [-0.3, -0.25) is 0 Å². The highest BCUT2D eigenvalue weighted by molar-refractivity contribution is 6.30. The molecule has 34 heavy (non-hydrogen) atoms. The molecule has 0 amide bonds. The molecular weight excluding hydrogens is 473 g/mol. The second-order valence-corrected chi connectivity index (χ2v) is 8.58. The predicted octanol–water partition coefficient (Wildman–Crippen LogP) is 6.17. The largest absolute Gasteiger partial charge is 0.493 e. The van der Waals surface area contributed by atoms with Crippen molar-refractivity contribution < 1.29 is 19.7 Å². The Morgan fingerprint density at radius 2 is 1.76 bits per heavy atom. The van der Waals surface area contributed by atoms with Crippen LogP contribution in [0.15, 0.2) is 66.7 Å². The van der Waals surface area contributed by atoms with Crippen LogP contribution in [0.2, 0.25) is 5.02 Å². The molecule has 0 aromatic heterocycles. The van der Waals surface area contributed by atoms with Gasteiger partial charge >= 0.3 is 5.97 Å². The molecule has 0 fully saturated rings. The minimum Gasteiger partial charge on any atom is -0.493 e. The Kier molecular flexibility index (Phi) is 10.9. The van der Waals surface area contributed by atoms with Crippen LogP contribution in [0.3, 0.4) is 0 Å². The van der Waals surface area contributed by atoms with Crippen molar-refractivity contribution in [2.45, 2.75) is 38.8 Å². The molecule has 0 bridgehead atoms. The number of rotatable bonds is 11. The Hall–Kier alpha value is -2.57. The molecular formula is C27H31Cl2NO4. The van der Waals surface area contributed by atoms with Gasteiger partial charge in [0.25, 0.3) is 0 Å². The lowest BCUT2D eigenvalue weighted by atomic mass is 9.99. The fourth-order valence-corrected chi connectivity index (χ4v) is 3.81. The molecule has 0 unspecified atom stereocenters. The summed E-state index contributed by atoms with van der Waals surface area (Å²) < 4.78 is 5.65. The van der Waals surface area contributed by atoms with Crippen LogP contribution >= 0.6 is 24.0 Å². The van der Waals surface area contributed by atoms with E-state index in [4.69, 9.17) is 16.3 Å². The fourth-order valence-electron chi connectivity index (χ4n) is 3.61. The molecule has 0 radical (unpaired) electrons. The zero-order valence-corrected chi connectivity index (χ0v) is 20.9. The molecule has 0 aliphatic carbocycles. The normalized spacial score (nSPS) is 12.5. The van der Waals surface area contributed by atoms with Gasteiger partial charge in [0.1, 0.15) is 11.3 Å². The number of aromatic carboxylic acids is 1. The van der Waals surface area contributed by atoms with Crippen molar-refractivity contribution in [2.75, 3.05) is 13.2 Å². The molecule has 182 valence electrons. The van der Waals surface area contributed by atoms with Gasteiger partial charge in [0, 0.05) is 17.6 Å². The molecule has 3 rings (SSSR count). The van der Waals surface area contributed by atoms with Crippen molar-refractivity contribution in [2.24, 2.45) is 0 Å². The first kappa shape index (κ1) is 27.7. The van der Waals surface area contributed by atoms with Crippen molar-refractivity contribution in [1.82, 2.24) is 5.32 Å². The number of benzene rings is 3. The molecule has 0 saturated heterocycles. The second-order valence-electron chi connectivity index (χ2n) is 8.15. The van der Waals surface area contributed by atoms with E-state index in [1.807, 2.05) is 31.2 Å². The average molecular weight is 504 g/mol. The van der Waals surface area contributed by atoms with Crippen molar-refractivity contribution in [1.29, 1.82) is 0 Å². The lowest BCUT2D eigenvalue weighted by Gasteiger charge is -2.18. The molecule has 3 aromatic carbocycles. The number of aliphatic hydroxyl groups excluding tert-OH is 1. The fraction of sp³-hybridized carbons (Fsp3) is 0.296. The van der Waals surface area contributed by atoms with E-state index in [0.717, 1.165) is 29.5 Å². The van der Waals surface area contributed by atoms with Gasteiger partial charge in [0.15, 0.2) is 0 Å². The van der Waals surface area contributed by atoms with E-state index in [9.17, 15) is 15.0 Å². The summed E-state index contributed by atoms with van der Waals surface area (Å²) in [5.74, 6) is -0.605. The minimum atomic E-state index is -0.995. The van der Waals surface area contributed by atoms with Crippen LogP contribution < -0.4 is 10.1 Å². The topological polar surface area (TPSA) is 78.8 Å². The van der Waals surface area contributed by atoms with Gasteiger partial charge in [0.05, 0.1) is 12.7 Å². The van der Waals surface area contributed by atoms with Crippen molar-refractivity contribution >= 4 is 30.0 Å². The molecule has 5 nitrogen and oxygen atoms in total. The van der Waals surface area contributed by atoms with Gasteiger partial charge in [-0.25, -0.2) is 4.79 Å². The Labute approximate surface area is 212 Å². The first-order chi connectivity index (χ1) is 15.9. The van der Waals surface area contributed by atoms with Crippen molar-refractivity contribution in [3.05, 3.63) is 88.4 Å². The van der Waals surface area contributed by atoms with Gasteiger partial charge in [0.2, 0.25) is 0 Å².